The van der Waals surface area contributed by atoms with Gasteiger partial charge in [-0.25, -0.2) is 4.39 Å². The Morgan fingerprint density at radius 1 is 1.19 bits per heavy atom. The summed E-state index contributed by atoms with van der Waals surface area (Å²) in [7, 11) is 0. The van der Waals surface area contributed by atoms with Crippen molar-refractivity contribution in [2.24, 2.45) is 0 Å². The summed E-state index contributed by atoms with van der Waals surface area (Å²) < 4.78 is 19.2. The lowest BCUT2D eigenvalue weighted by Gasteiger charge is -2.28. The fourth-order valence-corrected chi connectivity index (χ4v) is 3.80. The van der Waals surface area contributed by atoms with Crippen LogP contribution in [0.2, 0.25) is 0 Å². The van der Waals surface area contributed by atoms with Crippen LogP contribution in [0.1, 0.15) is 57.1 Å². The van der Waals surface area contributed by atoms with E-state index >= 15 is 0 Å². The van der Waals surface area contributed by atoms with Gasteiger partial charge in [0.25, 0.3) is 0 Å². The van der Waals surface area contributed by atoms with E-state index in [1.165, 1.54) is 12.1 Å². The Morgan fingerprint density at radius 2 is 1.85 bits per heavy atom. The molecule has 0 radical (unpaired) electrons. The van der Waals surface area contributed by atoms with E-state index in [0.29, 0.717) is 0 Å². The van der Waals surface area contributed by atoms with E-state index in [4.69, 9.17) is 4.74 Å². The molecule has 1 saturated carbocycles. The number of carbonyl (C=O) groups is 1. The molecular weight excluding hydrogens is 341 g/mol. The Bertz CT molecular complexity index is 795. The Hall–Kier alpha value is -2.36. The summed E-state index contributed by atoms with van der Waals surface area (Å²) in [6.45, 7) is 6.12. The predicted octanol–water partition coefficient (Wildman–Crippen LogP) is 5.76. The van der Waals surface area contributed by atoms with Crippen molar-refractivity contribution in [3.05, 3.63) is 59.4 Å². The van der Waals surface area contributed by atoms with Crippen LogP contribution in [0.4, 0.5) is 10.1 Å². The topological polar surface area (TPSA) is 38.3 Å². The van der Waals surface area contributed by atoms with Crippen LogP contribution in [0.15, 0.2) is 42.5 Å². The number of halogens is 1. The number of aryl methyl sites for hydroxylation is 1. The number of hydrogen-bond donors (Lipinski definition) is 1. The molecule has 0 bridgehead atoms. The Kier molecular flexibility index (Phi) is 5.83. The van der Waals surface area contributed by atoms with Gasteiger partial charge in [-0.3, -0.25) is 4.79 Å². The van der Waals surface area contributed by atoms with Crippen LogP contribution in [0.5, 0.6) is 5.75 Å². The molecule has 1 aliphatic carbocycles. The summed E-state index contributed by atoms with van der Waals surface area (Å²) in [5, 5.41) is 3.08. The highest BCUT2D eigenvalue weighted by molar-refractivity contribution is 5.99. The standard InChI is InChI=1S/C23H28FNO2/c1-4-17(3)27-21-12-11-20(15-16(21)2)25-22(26)23(13-5-6-14-23)18-7-9-19(24)10-8-18/h7-12,15,17H,4-6,13-14H2,1-3H3,(H,25,26)/t17-/m1/s1. The van der Waals surface area contributed by atoms with Crippen molar-refractivity contribution in [2.75, 3.05) is 5.32 Å². The lowest BCUT2D eigenvalue weighted by atomic mass is 9.78. The molecule has 3 rings (SSSR count). The first kappa shape index (κ1) is 19.4. The molecule has 0 aromatic heterocycles. The molecular formula is C23H28FNO2. The van der Waals surface area contributed by atoms with Gasteiger partial charge in [0.2, 0.25) is 5.91 Å². The van der Waals surface area contributed by atoms with Crippen LogP contribution in [0.25, 0.3) is 0 Å². The third kappa shape index (κ3) is 4.15. The molecule has 1 N–H and O–H groups in total. The predicted molar refractivity (Wildman–Crippen MR) is 107 cm³/mol. The minimum atomic E-state index is -0.576. The van der Waals surface area contributed by atoms with Gasteiger partial charge in [-0.2, -0.15) is 0 Å². The third-order valence-corrected chi connectivity index (χ3v) is 5.62. The van der Waals surface area contributed by atoms with Gasteiger partial charge in [0, 0.05) is 5.69 Å². The molecule has 1 amide bonds. The molecule has 27 heavy (non-hydrogen) atoms. The molecule has 2 aromatic carbocycles. The lowest BCUT2D eigenvalue weighted by Crippen LogP contribution is -2.38. The lowest BCUT2D eigenvalue weighted by molar-refractivity contribution is -0.121. The fraction of sp³-hybridized carbons (Fsp3) is 0.435. The number of benzene rings is 2. The van der Waals surface area contributed by atoms with E-state index in [9.17, 15) is 9.18 Å². The Labute approximate surface area is 160 Å². The number of amides is 1. The first-order chi connectivity index (χ1) is 12.9. The minimum absolute atomic E-state index is 0.0124. The highest BCUT2D eigenvalue weighted by Gasteiger charge is 2.42. The maximum atomic E-state index is 13.3. The molecule has 0 saturated heterocycles. The van der Waals surface area contributed by atoms with Gasteiger partial charge in [-0.1, -0.05) is 31.9 Å². The van der Waals surface area contributed by atoms with E-state index in [1.807, 2.05) is 32.0 Å². The summed E-state index contributed by atoms with van der Waals surface area (Å²) in [6, 6.07) is 12.1. The van der Waals surface area contributed by atoms with E-state index in [-0.39, 0.29) is 17.8 Å². The van der Waals surface area contributed by atoms with Gasteiger partial charge >= 0.3 is 0 Å². The van der Waals surface area contributed by atoms with Gasteiger partial charge in [-0.15, -0.1) is 0 Å². The molecule has 0 heterocycles. The molecule has 0 spiro atoms. The number of anilines is 1. The van der Waals surface area contributed by atoms with Gasteiger partial charge in [0.1, 0.15) is 11.6 Å². The van der Waals surface area contributed by atoms with Crippen molar-refractivity contribution < 1.29 is 13.9 Å². The maximum Gasteiger partial charge on any atom is 0.235 e. The second-order valence-corrected chi connectivity index (χ2v) is 7.57. The van der Waals surface area contributed by atoms with Gasteiger partial charge < -0.3 is 10.1 Å². The van der Waals surface area contributed by atoms with Gasteiger partial charge in [0.15, 0.2) is 0 Å². The van der Waals surface area contributed by atoms with Crippen molar-refractivity contribution in [3.8, 4) is 5.75 Å². The van der Waals surface area contributed by atoms with Crippen LogP contribution in [0, 0.1) is 12.7 Å². The monoisotopic (exact) mass is 369 g/mol. The van der Waals surface area contributed by atoms with Crippen molar-refractivity contribution in [1.82, 2.24) is 0 Å². The van der Waals surface area contributed by atoms with Crippen molar-refractivity contribution in [1.29, 1.82) is 0 Å². The van der Waals surface area contributed by atoms with E-state index < -0.39 is 5.41 Å². The largest absolute Gasteiger partial charge is 0.490 e. The van der Waals surface area contributed by atoms with Crippen molar-refractivity contribution >= 4 is 11.6 Å². The molecule has 2 aromatic rings. The smallest absolute Gasteiger partial charge is 0.235 e. The summed E-state index contributed by atoms with van der Waals surface area (Å²) >= 11 is 0. The van der Waals surface area contributed by atoms with Crippen LogP contribution < -0.4 is 10.1 Å². The molecule has 1 aliphatic rings. The molecule has 0 aliphatic heterocycles. The first-order valence-electron chi connectivity index (χ1n) is 9.79. The molecule has 0 unspecified atom stereocenters. The average Bonchev–Trinajstić information content (AvgIpc) is 3.15. The third-order valence-electron chi connectivity index (χ3n) is 5.62. The second kappa shape index (κ2) is 8.12. The van der Waals surface area contributed by atoms with Gasteiger partial charge in [-0.05, 0) is 74.6 Å². The molecule has 3 nitrogen and oxygen atoms in total. The minimum Gasteiger partial charge on any atom is -0.490 e. The quantitative estimate of drug-likeness (QED) is 0.703. The highest BCUT2D eigenvalue weighted by atomic mass is 19.1. The zero-order valence-electron chi connectivity index (χ0n) is 16.3. The van der Waals surface area contributed by atoms with E-state index in [2.05, 4.69) is 12.2 Å². The number of rotatable bonds is 6. The first-order valence-corrected chi connectivity index (χ1v) is 9.79. The zero-order chi connectivity index (χ0) is 19.4. The molecule has 1 fully saturated rings. The van der Waals surface area contributed by atoms with Crippen LogP contribution in [-0.4, -0.2) is 12.0 Å². The Balaban J connectivity index is 1.80. The number of nitrogens with one attached hydrogen (secondary N) is 1. The second-order valence-electron chi connectivity index (χ2n) is 7.57. The molecule has 4 heteroatoms. The summed E-state index contributed by atoms with van der Waals surface area (Å²) in [6.07, 6.45) is 4.69. The van der Waals surface area contributed by atoms with Crippen LogP contribution in [-0.2, 0) is 10.2 Å². The van der Waals surface area contributed by atoms with Gasteiger partial charge in [0.05, 0.1) is 11.5 Å². The van der Waals surface area contributed by atoms with Crippen LogP contribution in [0.3, 0.4) is 0 Å². The zero-order valence-corrected chi connectivity index (χ0v) is 16.3. The molecule has 1 atom stereocenters. The maximum absolute atomic E-state index is 13.3. The van der Waals surface area contributed by atoms with Crippen molar-refractivity contribution in [3.63, 3.8) is 0 Å². The number of hydrogen-bond acceptors (Lipinski definition) is 2. The summed E-state index contributed by atoms with van der Waals surface area (Å²) in [4.78, 5) is 13.2. The van der Waals surface area contributed by atoms with E-state index in [1.54, 1.807) is 12.1 Å². The summed E-state index contributed by atoms with van der Waals surface area (Å²) in [5.74, 6) is 0.554. The fourth-order valence-electron chi connectivity index (χ4n) is 3.80. The SMILES string of the molecule is CC[C@@H](C)Oc1ccc(NC(=O)C2(c3ccc(F)cc3)CCCC2)cc1C. The normalized spacial score (nSPS) is 16.7. The van der Waals surface area contributed by atoms with Crippen LogP contribution >= 0.6 is 0 Å². The molecule has 144 valence electrons. The summed E-state index contributed by atoms with van der Waals surface area (Å²) in [5.41, 5.74) is 2.08. The number of ether oxygens (including phenoxy) is 1. The highest BCUT2D eigenvalue weighted by Crippen LogP contribution is 2.42. The van der Waals surface area contributed by atoms with E-state index in [0.717, 1.165) is 54.7 Å². The Morgan fingerprint density at radius 3 is 2.44 bits per heavy atom. The van der Waals surface area contributed by atoms with Crippen molar-refractivity contribution in [2.45, 2.75) is 64.4 Å². The average molecular weight is 369 g/mol. The number of carbonyl (C=O) groups excluding carboxylic acids is 1.